The van der Waals surface area contributed by atoms with E-state index in [1.807, 2.05) is 23.1 Å². The molecule has 13 nitrogen and oxygen atoms in total. The highest BCUT2D eigenvalue weighted by molar-refractivity contribution is 7.92. The number of hydrogen-bond acceptors (Lipinski definition) is 11. The van der Waals surface area contributed by atoms with E-state index in [0.717, 1.165) is 70.6 Å². The number of nitrogens with zero attached hydrogens (tertiary/aromatic N) is 6. The van der Waals surface area contributed by atoms with Crippen LogP contribution in [0.25, 0.3) is 0 Å². The average molecular weight is 710 g/mol. The van der Waals surface area contributed by atoms with Crippen LogP contribution >= 0.6 is 24.0 Å². The van der Waals surface area contributed by atoms with Crippen molar-refractivity contribution >= 4 is 74.5 Å². The summed E-state index contributed by atoms with van der Waals surface area (Å²) in [7, 11) is -0.380. The van der Waals surface area contributed by atoms with Gasteiger partial charge in [-0.05, 0) is 56.1 Å². The fraction of sp³-hybridized carbons (Fsp3) is 0.452. The number of carboxylic acid groups (broad SMARTS) is 1. The number of piperazine rings is 1. The highest BCUT2D eigenvalue weighted by Crippen LogP contribution is 2.34. The number of rotatable bonds is 12. The van der Waals surface area contributed by atoms with E-state index in [1.165, 1.54) is 17.5 Å². The summed E-state index contributed by atoms with van der Waals surface area (Å²) in [5.41, 5.74) is 2.72. The van der Waals surface area contributed by atoms with Gasteiger partial charge in [0.1, 0.15) is 10.8 Å². The maximum absolute atomic E-state index is 12.2. The van der Waals surface area contributed by atoms with Gasteiger partial charge in [0, 0.05) is 51.5 Å². The Labute approximate surface area is 287 Å². The van der Waals surface area contributed by atoms with Crippen LogP contribution in [-0.4, -0.2) is 112 Å². The molecular weight excluding hydrogens is 667 g/mol. The minimum atomic E-state index is -3.48. The number of piperidine rings is 1. The van der Waals surface area contributed by atoms with Crippen LogP contribution in [0.3, 0.4) is 0 Å². The maximum Gasteiger partial charge on any atom is 0.317 e. The van der Waals surface area contributed by atoms with E-state index in [-0.39, 0.29) is 29.9 Å². The highest BCUT2D eigenvalue weighted by Gasteiger charge is 2.25. The number of aliphatic carboxylic acids is 1. The first-order valence-electron chi connectivity index (χ1n) is 15.2. The Bertz CT molecular complexity index is 1630. The second kappa shape index (κ2) is 16.0. The van der Waals surface area contributed by atoms with Crippen molar-refractivity contribution in [2.45, 2.75) is 12.8 Å². The molecule has 3 aromatic rings. The van der Waals surface area contributed by atoms with Gasteiger partial charge in [0.2, 0.25) is 16.0 Å². The number of halogens is 2. The molecule has 0 spiro atoms. The lowest BCUT2D eigenvalue weighted by molar-refractivity contribution is -0.138. The van der Waals surface area contributed by atoms with E-state index in [1.54, 1.807) is 31.4 Å². The first kappa shape index (κ1) is 36.3. The number of anilines is 6. The monoisotopic (exact) mass is 708 g/mol. The number of nitrogens with one attached hydrogen (secondary N) is 2. The molecular formula is C31H42Cl2N8O5S. The molecule has 0 radical (unpaired) electrons. The van der Waals surface area contributed by atoms with Gasteiger partial charge in [-0.2, -0.15) is 4.98 Å². The van der Waals surface area contributed by atoms with Crippen LogP contribution in [0.5, 0.6) is 5.75 Å². The Morgan fingerprint density at radius 2 is 1.74 bits per heavy atom. The molecule has 0 bridgehead atoms. The van der Waals surface area contributed by atoms with Crippen molar-refractivity contribution in [3.63, 3.8) is 0 Å². The van der Waals surface area contributed by atoms with Gasteiger partial charge in [0.25, 0.3) is 0 Å². The molecule has 2 aromatic carbocycles. The average Bonchev–Trinajstić information content (AvgIpc) is 3.03. The molecule has 2 aliphatic rings. The quantitative estimate of drug-likeness (QED) is 0.246. The fourth-order valence-corrected chi connectivity index (χ4v) is 6.50. The Kier molecular flexibility index (Phi) is 12.4. The number of para-hydroxylation sites is 2. The number of hydrogen-bond donors (Lipinski definition) is 3. The Balaban J connectivity index is 0.00000500. The fourth-order valence-electron chi connectivity index (χ4n) is 5.85. The number of methoxy groups -OCH3 is 1. The summed E-state index contributed by atoms with van der Waals surface area (Å²) >= 11 is 6.42. The molecule has 16 heteroatoms. The molecule has 0 aliphatic carbocycles. The molecule has 2 aliphatic heterocycles. The lowest BCUT2D eigenvalue weighted by Crippen LogP contribution is -2.49. The van der Waals surface area contributed by atoms with E-state index in [4.69, 9.17) is 21.4 Å². The minimum absolute atomic E-state index is 0. The van der Waals surface area contributed by atoms with Gasteiger partial charge in [0.05, 0.1) is 43.2 Å². The largest absolute Gasteiger partial charge is 0.494 e. The molecule has 5 rings (SSSR count). The van der Waals surface area contributed by atoms with Crippen molar-refractivity contribution in [2.75, 3.05) is 92.6 Å². The number of carbonyl (C=O) groups is 1. The molecule has 256 valence electrons. The van der Waals surface area contributed by atoms with Gasteiger partial charge in [-0.15, -0.1) is 12.4 Å². The summed E-state index contributed by atoms with van der Waals surface area (Å²) in [6.07, 6.45) is 4.70. The third kappa shape index (κ3) is 9.51. The van der Waals surface area contributed by atoms with E-state index in [0.29, 0.717) is 34.5 Å². The summed E-state index contributed by atoms with van der Waals surface area (Å²) in [6.45, 7) is 6.64. The van der Waals surface area contributed by atoms with Crippen LogP contribution in [0.2, 0.25) is 5.02 Å². The first-order valence-corrected chi connectivity index (χ1v) is 17.4. The number of likely N-dealkylation sites (tertiary alicyclic amines) is 1. The van der Waals surface area contributed by atoms with Gasteiger partial charge < -0.3 is 25.4 Å². The van der Waals surface area contributed by atoms with Crippen LogP contribution in [0.1, 0.15) is 12.8 Å². The molecule has 0 amide bonds. The zero-order valence-corrected chi connectivity index (χ0v) is 29.1. The second-order valence-electron chi connectivity index (χ2n) is 11.7. The van der Waals surface area contributed by atoms with E-state index < -0.39 is 16.0 Å². The van der Waals surface area contributed by atoms with E-state index in [9.17, 15) is 13.2 Å². The lowest BCUT2D eigenvalue weighted by Gasteiger charge is -2.39. The first-order chi connectivity index (χ1) is 22.0. The van der Waals surface area contributed by atoms with Crippen molar-refractivity contribution in [1.29, 1.82) is 0 Å². The smallest absolute Gasteiger partial charge is 0.317 e. The number of sulfonamides is 1. The summed E-state index contributed by atoms with van der Waals surface area (Å²) in [4.78, 5) is 26.8. The maximum atomic E-state index is 12.2. The topological polar surface area (TPSA) is 143 Å². The Morgan fingerprint density at radius 1 is 1.04 bits per heavy atom. The zero-order valence-electron chi connectivity index (χ0n) is 26.7. The molecule has 2 saturated heterocycles. The van der Waals surface area contributed by atoms with Crippen LogP contribution in [-0.2, 0) is 14.8 Å². The molecule has 2 fully saturated rings. The zero-order chi connectivity index (χ0) is 32.8. The van der Waals surface area contributed by atoms with Crippen LogP contribution in [0.15, 0.2) is 48.7 Å². The lowest BCUT2D eigenvalue weighted by atomic mass is 9.96. The molecule has 0 unspecified atom stereocenters. The van der Waals surface area contributed by atoms with Gasteiger partial charge in [-0.25, -0.2) is 13.4 Å². The summed E-state index contributed by atoms with van der Waals surface area (Å²) < 4.78 is 31.3. The summed E-state index contributed by atoms with van der Waals surface area (Å²) in [6, 6.07) is 13.0. The second-order valence-corrected chi connectivity index (χ2v) is 14.1. The highest BCUT2D eigenvalue weighted by atomic mass is 35.5. The SMILES string of the molecule is COc1cc(N2CCN(CC3CCN(CC(=O)O)CC3)CC2)ccc1Nc1ncc(Cl)c(Nc2ccccc2N(C)S(C)(=O)=O)n1.Cl. The Morgan fingerprint density at radius 3 is 2.40 bits per heavy atom. The van der Waals surface area contributed by atoms with Gasteiger partial charge in [0.15, 0.2) is 5.82 Å². The van der Waals surface area contributed by atoms with Crippen LogP contribution < -0.4 is 24.6 Å². The predicted molar refractivity (Wildman–Crippen MR) is 189 cm³/mol. The van der Waals surface area contributed by atoms with Crippen LogP contribution in [0, 0.1) is 5.92 Å². The standard InChI is InChI=1S/C31H41ClN8O5S.ClH/c1-37(46(3,43)44)27-7-5-4-6-25(27)34-30-24(32)19-33-31(36-30)35-26-9-8-23(18-28(26)45-2)40-16-14-39(15-17-40)20-22-10-12-38(13-11-22)21-29(41)42;/h4-9,18-19,22H,10-17,20-21H2,1-3H3,(H,41,42)(H2,33,34,35,36);1H. The van der Waals surface area contributed by atoms with Gasteiger partial charge in [-0.3, -0.25) is 18.9 Å². The molecule has 0 atom stereocenters. The van der Waals surface area contributed by atoms with Crippen molar-refractivity contribution in [3.8, 4) is 5.75 Å². The van der Waals surface area contributed by atoms with Crippen LogP contribution in [0.4, 0.5) is 34.5 Å². The molecule has 0 saturated carbocycles. The normalized spacial score (nSPS) is 16.3. The molecule has 1 aromatic heterocycles. The predicted octanol–water partition coefficient (Wildman–Crippen LogP) is 4.36. The molecule has 3 N–H and O–H groups in total. The third-order valence-electron chi connectivity index (χ3n) is 8.49. The van der Waals surface area contributed by atoms with Crippen molar-refractivity contribution in [3.05, 3.63) is 53.7 Å². The molecule has 3 heterocycles. The Hall–Kier alpha value is -3.56. The van der Waals surface area contributed by atoms with Crippen molar-refractivity contribution in [2.24, 2.45) is 5.92 Å². The third-order valence-corrected chi connectivity index (χ3v) is 9.96. The van der Waals surface area contributed by atoms with E-state index in [2.05, 4.69) is 30.4 Å². The number of ether oxygens (including phenoxy) is 1. The van der Waals surface area contributed by atoms with Gasteiger partial charge in [-0.1, -0.05) is 23.7 Å². The van der Waals surface area contributed by atoms with Crippen molar-refractivity contribution < 1.29 is 23.1 Å². The number of carboxylic acids is 1. The summed E-state index contributed by atoms with van der Waals surface area (Å²) in [5, 5.41) is 15.7. The van der Waals surface area contributed by atoms with Gasteiger partial charge >= 0.3 is 5.97 Å². The van der Waals surface area contributed by atoms with Crippen molar-refractivity contribution in [1.82, 2.24) is 19.8 Å². The minimum Gasteiger partial charge on any atom is -0.494 e. The van der Waals surface area contributed by atoms with E-state index >= 15 is 0 Å². The molecule has 47 heavy (non-hydrogen) atoms. The number of benzene rings is 2. The number of aromatic nitrogens is 2. The summed E-state index contributed by atoms with van der Waals surface area (Å²) in [5.74, 6) is 1.09.